The number of carbonyl (C=O) groups excluding carboxylic acids is 2. The minimum Gasteiger partial charge on any atom is -0.341 e. The molecule has 29 heavy (non-hydrogen) atoms. The second-order valence-corrected chi connectivity index (χ2v) is 7.97. The maximum Gasteiger partial charge on any atom is 0.278 e. The standard InChI is InChI=1S/C23H24FN3O2/c1-13(16-5-4-6-17(24)11-16)7-8-27-19-10-15(3)14(2)9-18(19)25-22-20(27)12-21(28)26-23(22)29/h4-6,10-13,18H,7-9H2,1-3H3,(H,26,28,29). The number of fused-ring (bicyclic) bond motifs is 2. The largest absolute Gasteiger partial charge is 0.341 e. The van der Waals surface area contributed by atoms with Crippen molar-refractivity contribution in [2.24, 2.45) is 4.99 Å². The molecule has 0 bridgehead atoms. The van der Waals surface area contributed by atoms with Crippen molar-refractivity contribution < 1.29 is 14.0 Å². The molecule has 6 heteroatoms. The molecule has 0 spiro atoms. The Labute approximate surface area is 169 Å². The van der Waals surface area contributed by atoms with Gasteiger partial charge in [-0.2, -0.15) is 0 Å². The second-order valence-electron chi connectivity index (χ2n) is 7.97. The second kappa shape index (κ2) is 7.43. The summed E-state index contributed by atoms with van der Waals surface area (Å²) in [5, 5.41) is 2.33. The van der Waals surface area contributed by atoms with Gasteiger partial charge in [0, 0.05) is 18.3 Å². The van der Waals surface area contributed by atoms with Crippen LogP contribution in [0.25, 0.3) is 0 Å². The SMILES string of the molecule is CC1=C(C)CC2N=C3C(=O)NC(=O)C=C3N(CCC(C)c3cccc(F)c3)C2=C1. The van der Waals surface area contributed by atoms with Crippen molar-refractivity contribution >= 4 is 17.5 Å². The highest BCUT2D eigenvalue weighted by Gasteiger charge is 2.38. The van der Waals surface area contributed by atoms with Crippen molar-refractivity contribution in [3.63, 3.8) is 0 Å². The zero-order chi connectivity index (χ0) is 20.7. The molecule has 2 heterocycles. The summed E-state index contributed by atoms with van der Waals surface area (Å²) in [6.07, 6.45) is 5.06. The maximum absolute atomic E-state index is 13.6. The number of carbonyl (C=O) groups is 2. The first-order valence-corrected chi connectivity index (χ1v) is 9.89. The molecule has 2 atom stereocenters. The first kappa shape index (κ1) is 19.3. The smallest absolute Gasteiger partial charge is 0.278 e. The van der Waals surface area contributed by atoms with Gasteiger partial charge in [0.25, 0.3) is 11.8 Å². The lowest BCUT2D eigenvalue weighted by molar-refractivity contribution is -0.124. The van der Waals surface area contributed by atoms with E-state index in [1.807, 2.05) is 6.07 Å². The highest BCUT2D eigenvalue weighted by Crippen LogP contribution is 2.36. The lowest BCUT2D eigenvalue weighted by atomic mass is 9.89. The average Bonchev–Trinajstić information content (AvgIpc) is 2.67. The number of hydrogen-bond acceptors (Lipinski definition) is 4. The highest BCUT2D eigenvalue weighted by molar-refractivity contribution is 6.50. The van der Waals surface area contributed by atoms with Crippen molar-refractivity contribution in [3.05, 3.63) is 70.3 Å². The Bertz CT molecular complexity index is 1020. The summed E-state index contributed by atoms with van der Waals surface area (Å²) >= 11 is 0. The molecule has 1 aliphatic carbocycles. The zero-order valence-corrected chi connectivity index (χ0v) is 16.8. The van der Waals surface area contributed by atoms with Crippen molar-refractivity contribution in [1.82, 2.24) is 10.2 Å². The average molecular weight is 393 g/mol. The third kappa shape index (κ3) is 3.67. The van der Waals surface area contributed by atoms with E-state index in [1.54, 1.807) is 12.1 Å². The molecule has 0 aromatic heterocycles. The van der Waals surface area contributed by atoms with Gasteiger partial charge in [-0.15, -0.1) is 0 Å². The minimum absolute atomic E-state index is 0.128. The fourth-order valence-electron chi connectivity index (χ4n) is 4.06. The number of allylic oxidation sites excluding steroid dienone is 2. The van der Waals surface area contributed by atoms with Gasteiger partial charge in [0.15, 0.2) is 0 Å². The number of hydrogen-bond donors (Lipinski definition) is 1. The van der Waals surface area contributed by atoms with Crippen LogP contribution in [0.15, 0.2) is 64.0 Å². The fourth-order valence-corrected chi connectivity index (χ4v) is 4.06. The number of benzene rings is 1. The molecule has 150 valence electrons. The summed E-state index contributed by atoms with van der Waals surface area (Å²) in [5.74, 6) is -0.989. The van der Waals surface area contributed by atoms with E-state index in [0.717, 1.165) is 24.1 Å². The predicted molar refractivity (Wildman–Crippen MR) is 110 cm³/mol. The molecule has 2 amide bonds. The van der Waals surface area contributed by atoms with Crippen molar-refractivity contribution in [2.75, 3.05) is 6.54 Å². The molecule has 0 fully saturated rings. The molecule has 5 nitrogen and oxygen atoms in total. The van der Waals surface area contributed by atoms with Crippen molar-refractivity contribution in [1.29, 1.82) is 0 Å². The molecule has 0 saturated carbocycles. The Balaban J connectivity index is 1.67. The molecule has 3 aliphatic rings. The van der Waals surface area contributed by atoms with E-state index in [9.17, 15) is 14.0 Å². The molecule has 1 aromatic rings. The highest BCUT2D eigenvalue weighted by atomic mass is 19.1. The molecule has 4 rings (SSSR count). The van der Waals surface area contributed by atoms with Crippen LogP contribution in [-0.4, -0.2) is 35.0 Å². The summed E-state index contributed by atoms with van der Waals surface area (Å²) in [7, 11) is 0. The first-order valence-electron chi connectivity index (χ1n) is 9.89. The van der Waals surface area contributed by atoms with Crippen LogP contribution < -0.4 is 5.32 Å². The summed E-state index contributed by atoms with van der Waals surface area (Å²) < 4.78 is 13.6. The number of imide groups is 1. The van der Waals surface area contributed by atoms with Gasteiger partial charge in [0.05, 0.1) is 11.7 Å². The monoisotopic (exact) mass is 393 g/mol. The van der Waals surface area contributed by atoms with Gasteiger partial charge in [-0.3, -0.25) is 19.9 Å². The number of halogens is 1. The van der Waals surface area contributed by atoms with E-state index in [1.165, 1.54) is 23.3 Å². The first-order chi connectivity index (χ1) is 13.8. The Morgan fingerprint density at radius 2 is 2.07 bits per heavy atom. The van der Waals surface area contributed by atoms with E-state index in [-0.39, 0.29) is 17.8 Å². The van der Waals surface area contributed by atoms with Crippen LogP contribution >= 0.6 is 0 Å². The lowest BCUT2D eigenvalue weighted by Gasteiger charge is -2.40. The van der Waals surface area contributed by atoms with E-state index in [0.29, 0.717) is 18.0 Å². The van der Waals surface area contributed by atoms with Crippen LogP contribution in [-0.2, 0) is 9.59 Å². The van der Waals surface area contributed by atoms with Crippen LogP contribution in [0.3, 0.4) is 0 Å². The number of aliphatic imine (C=N–C) groups is 1. The minimum atomic E-state index is -0.446. The van der Waals surface area contributed by atoms with Gasteiger partial charge in [0.2, 0.25) is 0 Å². The van der Waals surface area contributed by atoms with Crippen molar-refractivity contribution in [3.8, 4) is 0 Å². The molecule has 0 saturated heterocycles. The van der Waals surface area contributed by atoms with Gasteiger partial charge < -0.3 is 4.90 Å². The lowest BCUT2D eigenvalue weighted by Crippen LogP contribution is -2.49. The maximum atomic E-state index is 13.6. The van der Waals surface area contributed by atoms with E-state index >= 15 is 0 Å². The predicted octanol–water partition coefficient (Wildman–Crippen LogP) is 3.61. The van der Waals surface area contributed by atoms with Crippen molar-refractivity contribution in [2.45, 2.75) is 45.6 Å². The third-order valence-corrected chi connectivity index (χ3v) is 5.93. The molecule has 2 aliphatic heterocycles. The van der Waals surface area contributed by atoms with E-state index in [2.05, 4.69) is 42.1 Å². The summed E-state index contributed by atoms with van der Waals surface area (Å²) in [6.45, 7) is 6.81. The van der Waals surface area contributed by atoms with Crippen LogP contribution in [0.5, 0.6) is 0 Å². The normalized spacial score (nSPS) is 22.3. The summed E-state index contributed by atoms with van der Waals surface area (Å²) in [6, 6.07) is 6.51. The van der Waals surface area contributed by atoms with Crippen LogP contribution in [0.1, 0.15) is 45.1 Å². The molecule has 0 radical (unpaired) electrons. The van der Waals surface area contributed by atoms with E-state index in [4.69, 9.17) is 0 Å². The topological polar surface area (TPSA) is 61.8 Å². The van der Waals surface area contributed by atoms with Crippen LogP contribution in [0.4, 0.5) is 4.39 Å². The molecule has 1 N–H and O–H groups in total. The Kier molecular flexibility index (Phi) is 4.94. The summed E-state index contributed by atoms with van der Waals surface area (Å²) in [4.78, 5) is 31.1. The van der Waals surface area contributed by atoms with Crippen LogP contribution in [0.2, 0.25) is 0 Å². The molecule has 1 aromatic carbocycles. The number of rotatable bonds is 4. The van der Waals surface area contributed by atoms with E-state index < -0.39 is 11.8 Å². The molecule has 2 unspecified atom stereocenters. The number of amides is 2. The van der Waals surface area contributed by atoms with Gasteiger partial charge in [-0.1, -0.05) is 30.2 Å². The Morgan fingerprint density at radius 1 is 1.28 bits per heavy atom. The Morgan fingerprint density at radius 3 is 2.83 bits per heavy atom. The quantitative estimate of drug-likeness (QED) is 0.795. The van der Waals surface area contributed by atoms with Gasteiger partial charge in [-0.25, -0.2) is 4.39 Å². The fraction of sp³-hybridized carbons (Fsp3) is 0.348. The van der Waals surface area contributed by atoms with Gasteiger partial charge >= 0.3 is 0 Å². The zero-order valence-electron chi connectivity index (χ0n) is 16.8. The van der Waals surface area contributed by atoms with Crippen LogP contribution in [0, 0.1) is 5.82 Å². The number of nitrogens with zero attached hydrogens (tertiary/aromatic N) is 2. The van der Waals surface area contributed by atoms with Gasteiger partial charge in [-0.05, 0) is 56.4 Å². The number of nitrogens with one attached hydrogen (secondary N) is 1. The summed E-state index contributed by atoms with van der Waals surface area (Å²) in [5.41, 5.74) is 5.25. The Hall–Kier alpha value is -3.02. The van der Waals surface area contributed by atoms with Gasteiger partial charge in [0.1, 0.15) is 11.5 Å². The molecular formula is C23H24FN3O2. The third-order valence-electron chi connectivity index (χ3n) is 5.93. The molecular weight excluding hydrogens is 369 g/mol.